The largest absolute Gasteiger partial charge is 0.357 e. The highest BCUT2D eigenvalue weighted by Gasteiger charge is 2.20. The Morgan fingerprint density at radius 2 is 1.97 bits per heavy atom. The van der Waals surface area contributed by atoms with E-state index in [1.165, 1.54) is 16.7 Å². The second kappa shape index (κ2) is 8.79. The number of anilines is 1. The topological polar surface area (TPSA) is 102 Å². The fraction of sp³-hybridized carbons (Fsp3) is 0.200. The number of H-pyrrole nitrogens is 1. The lowest BCUT2D eigenvalue weighted by Gasteiger charge is -2.14. The number of fused-ring (bicyclic) bond motifs is 2. The molecule has 5 rings (SSSR count). The van der Waals surface area contributed by atoms with Gasteiger partial charge in [0.25, 0.3) is 5.56 Å². The summed E-state index contributed by atoms with van der Waals surface area (Å²) in [5, 5.41) is 0.998. The van der Waals surface area contributed by atoms with Crippen LogP contribution in [0.2, 0.25) is 5.02 Å². The predicted octanol–water partition coefficient (Wildman–Crippen LogP) is 4.79. The van der Waals surface area contributed by atoms with E-state index in [1.807, 2.05) is 23.6 Å². The molecule has 8 nitrogen and oxygen atoms in total. The number of sulfonamides is 1. The van der Waals surface area contributed by atoms with Crippen LogP contribution in [0, 0.1) is 12.7 Å². The Hall–Kier alpha value is -3.63. The Balaban J connectivity index is 1.79. The molecular formula is C25H23ClFN5O3S. The third-order valence-corrected chi connectivity index (χ3v) is 7.88. The van der Waals surface area contributed by atoms with Gasteiger partial charge in [0.15, 0.2) is 0 Å². The summed E-state index contributed by atoms with van der Waals surface area (Å²) in [4.78, 5) is 20.2. The predicted molar refractivity (Wildman–Crippen MR) is 141 cm³/mol. The van der Waals surface area contributed by atoms with Gasteiger partial charge < -0.3 is 14.1 Å². The van der Waals surface area contributed by atoms with Gasteiger partial charge in [-0.25, -0.2) is 17.8 Å². The Bertz CT molecular complexity index is 1820. The van der Waals surface area contributed by atoms with Gasteiger partial charge in [-0.1, -0.05) is 17.7 Å². The number of hydrogen-bond donors (Lipinski definition) is 2. The number of pyridine rings is 1. The van der Waals surface area contributed by atoms with Crippen LogP contribution in [-0.4, -0.2) is 33.3 Å². The van der Waals surface area contributed by atoms with E-state index in [2.05, 4.69) is 14.7 Å². The number of aromatic nitrogens is 4. The number of nitrogens with one attached hydrogen (secondary N) is 2. The zero-order valence-corrected chi connectivity index (χ0v) is 21.3. The summed E-state index contributed by atoms with van der Waals surface area (Å²) >= 11 is 6.30. The maximum atomic E-state index is 13.6. The number of aryl methyl sites for hydroxylation is 2. The van der Waals surface area contributed by atoms with E-state index in [-0.39, 0.29) is 16.3 Å². The second-order valence-electron chi connectivity index (χ2n) is 8.60. The summed E-state index contributed by atoms with van der Waals surface area (Å²) in [5.74, 6) is 0.0948. The number of benzene rings is 2. The van der Waals surface area contributed by atoms with E-state index in [0.29, 0.717) is 51.1 Å². The monoisotopic (exact) mass is 527 g/mol. The number of halogens is 2. The number of imidazole rings is 1. The van der Waals surface area contributed by atoms with Crippen LogP contribution < -0.4 is 10.3 Å². The molecule has 0 saturated heterocycles. The fourth-order valence-corrected chi connectivity index (χ4v) is 5.19. The molecule has 0 amide bonds. The summed E-state index contributed by atoms with van der Waals surface area (Å²) in [6, 6.07) is 9.66. The van der Waals surface area contributed by atoms with Crippen LogP contribution in [0.3, 0.4) is 0 Å². The quantitative estimate of drug-likeness (QED) is 0.331. The van der Waals surface area contributed by atoms with Crippen molar-refractivity contribution in [2.45, 2.75) is 20.4 Å². The molecule has 0 radical (unpaired) electrons. The van der Waals surface area contributed by atoms with Crippen molar-refractivity contribution in [2.24, 2.45) is 7.05 Å². The summed E-state index contributed by atoms with van der Waals surface area (Å²) in [5.41, 5.74) is 3.89. The maximum absolute atomic E-state index is 13.6. The number of aromatic amines is 1. The first-order valence-electron chi connectivity index (χ1n) is 11.2. The molecule has 0 unspecified atom stereocenters. The van der Waals surface area contributed by atoms with Crippen molar-refractivity contribution in [1.82, 2.24) is 19.1 Å². The first-order valence-corrected chi connectivity index (χ1v) is 13.2. The summed E-state index contributed by atoms with van der Waals surface area (Å²) in [7, 11) is -1.94. The molecule has 0 aliphatic rings. The Morgan fingerprint density at radius 1 is 1.19 bits per heavy atom. The van der Waals surface area contributed by atoms with Crippen molar-refractivity contribution in [3.8, 4) is 11.1 Å². The molecule has 0 spiro atoms. The number of nitrogens with zero attached hydrogens (tertiary/aromatic N) is 3. The van der Waals surface area contributed by atoms with E-state index < -0.39 is 15.8 Å². The van der Waals surface area contributed by atoms with Crippen molar-refractivity contribution < 1.29 is 12.8 Å². The number of hydrogen-bond acceptors (Lipinski definition) is 4. The molecule has 11 heteroatoms. The Labute approximate surface area is 211 Å². The fourth-order valence-electron chi connectivity index (χ4n) is 4.33. The van der Waals surface area contributed by atoms with Gasteiger partial charge in [0.2, 0.25) is 10.0 Å². The zero-order valence-electron chi connectivity index (χ0n) is 19.8. The molecule has 186 valence electrons. The van der Waals surface area contributed by atoms with Gasteiger partial charge in [-0.15, -0.1) is 0 Å². The van der Waals surface area contributed by atoms with Crippen molar-refractivity contribution >= 4 is 49.2 Å². The van der Waals surface area contributed by atoms with Crippen LogP contribution >= 0.6 is 11.6 Å². The summed E-state index contributed by atoms with van der Waals surface area (Å²) < 4.78 is 44.7. The van der Waals surface area contributed by atoms with E-state index in [4.69, 9.17) is 11.6 Å². The van der Waals surface area contributed by atoms with Crippen LogP contribution in [0.4, 0.5) is 10.1 Å². The molecule has 0 aliphatic carbocycles. The molecule has 36 heavy (non-hydrogen) atoms. The van der Waals surface area contributed by atoms with Gasteiger partial charge in [-0.2, -0.15) is 0 Å². The van der Waals surface area contributed by atoms with Crippen LogP contribution in [0.25, 0.3) is 33.1 Å². The molecule has 0 atom stereocenters. The van der Waals surface area contributed by atoms with E-state index in [1.54, 1.807) is 38.5 Å². The third-order valence-electron chi connectivity index (χ3n) is 6.24. The van der Waals surface area contributed by atoms with Crippen LogP contribution in [0.5, 0.6) is 0 Å². The van der Waals surface area contributed by atoms with Gasteiger partial charge in [-0.05, 0) is 55.3 Å². The molecule has 0 fully saturated rings. The summed E-state index contributed by atoms with van der Waals surface area (Å²) in [6.45, 7) is 3.67. The maximum Gasteiger partial charge on any atom is 0.274 e. The van der Waals surface area contributed by atoms with Crippen molar-refractivity contribution in [1.29, 1.82) is 0 Å². The smallest absolute Gasteiger partial charge is 0.274 e. The van der Waals surface area contributed by atoms with Gasteiger partial charge >= 0.3 is 0 Å². The molecule has 5 aromatic rings. The average molecular weight is 528 g/mol. The molecule has 2 aromatic carbocycles. The third kappa shape index (κ3) is 4.16. The lowest BCUT2D eigenvalue weighted by molar-refractivity contribution is 0.602. The standard InChI is InChI=1S/C25H23ClFN5O3S/c1-4-36(34,35)30-21-9-16(19-13-31(3)25(33)23-18(19)7-8-28-23)10-22-24(21)29-14(2)32(22)12-15-5-6-17(27)11-20(15)26/h5-11,13,28,30H,4,12H2,1-3H3. The molecular weight excluding hydrogens is 505 g/mol. The van der Waals surface area contributed by atoms with Crippen molar-refractivity contribution in [2.75, 3.05) is 10.5 Å². The minimum atomic E-state index is -3.61. The first-order chi connectivity index (χ1) is 17.1. The van der Waals surface area contributed by atoms with E-state index in [9.17, 15) is 17.6 Å². The average Bonchev–Trinajstić information content (AvgIpc) is 3.43. The second-order valence-corrected chi connectivity index (χ2v) is 11.0. The van der Waals surface area contributed by atoms with Crippen LogP contribution in [0.15, 0.2) is 53.6 Å². The normalized spacial score (nSPS) is 12.0. The summed E-state index contributed by atoms with van der Waals surface area (Å²) in [6.07, 6.45) is 3.42. The molecule has 3 heterocycles. The highest BCUT2D eigenvalue weighted by atomic mass is 35.5. The first kappa shape index (κ1) is 24.1. The lowest BCUT2D eigenvalue weighted by Crippen LogP contribution is -2.17. The van der Waals surface area contributed by atoms with Crippen LogP contribution in [0.1, 0.15) is 18.3 Å². The van der Waals surface area contributed by atoms with E-state index >= 15 is 0 Å². The molecule has 2 N–H and O–H groups in total. The van der Waals surface area contributed by atoms with E-state index in [0.717, 1.165) is 5.56 Å². The highest BCUT2D eigenvalue weighted by Crippen LogP contribution is 2.35. The lowest BCUT2D eigenvalue weighted by atomic mass is 10.0. The number of rotatable bonds is 6. The highest BCUT2D eigenvalue weighted by molar-refractivity contribution is 7.92. The van der Waals surface area contributed by atoms with Gasteiger partial charge in [0.05, 0.1) is 23.5 Å². The molecule has 3 aromatic heterocycles. The van der Waals surface area contributed by atoms with Crippen LogP contribution in [-0.2, 0) is 23.6 Å². The van der Waals surface area contributed by atoms with Crippen molar-refractivity contribution in [3.63, 3.8) is 0 Å². The Morgan fingerprint density at radius 3 is 2.69 bits per heavy atom. The minimum Gasteiger partial charge on any atom is -0.357 e. The van der Waals surface area contributed by atoms with Gasteiger partial charge in [0.1, 0.15) is 22.7 Å². The SMILES string of the molecule is CCS(=O)(=O)Nc1cc(-c2cn(C)c(=O)c3[nH]ccc23)cc2c1nc(C)n2Cc1ccc(F)cc1Cl. The molecule has 0 bridgehead atoms. The van der Waals surface area contributed by atoms with Gasteiger partial charge in [-0.3, -0.25) is 9.52 Å². The molecule has 0 saturated carbocycles. The molecule has 0 aliphatic heterocycles. The zero-order chi connectivity index (χ0) is 25.8. The Kier molecular flexibility index (Phi) is 5.88. The van der Waals surface area contributed by atoms with Crippen molar-refractivity contribution in [3.05, 3.63) is 81.4 Å². The van der Waals surface area contributed by atoms with Gasteiger partial charge in [0, 0.05) is 35.4 Å². The minimum absolute atomic E-state index is 0.106.